The molecule has 0 aliphatic rings. The van der Waals surface area contributed by atoms with Crippen molar-refractivity contribution in [1.82, 2.24) is 0 Å². The Morgan fingerprint density at radius 3 is 2.39 bits per heavy atom. The Bertz CT molecular complexity index is 788. The summed E-state index contributed by atoms with van der Waals surface area (Å²) in [7, 11) is 0. The molecule has 0 fully saturated rings. The van der Waals surface area contributed by atoms with Gasteiger partial charge in [0.15, 0.2) is 0 Å². The van der Waals surface area contributed by atoms with E-state index in [9.17, 15) is 9.59 Å². The largest absolute Gasteiger partial charge is 0.491 e. The highest BCUT2D eigenvalue weighted by molar-refractivity contribution is 5.84. The Labute approximate surface area is 163 Å². The fourth-order valence-electron chi connectivity index (χ4n) is 2.52. The summed E-state index contributed by atoms with van der Waals surface area (Å²) in [6, 6.07) is 15.7. The van der Waals surface area contributed by atoms with Crippen LogP contribution in [0.4, 0.5) is 10.5 Å². The average Bonchev–Trinajstić information content (AvgIpc) is 2.70. The van der Waals surface area contributed by atoms with E-state index < -0.39 is 18.2 Å². The van der Waals surface area contributed by atoms with E-state index in [1.807, 2.05) is 6.07 Å². The fourth-order valence-corrected chi connectivity index (χ4v) is 2.52. The number of carbonyl (C=O) groups excluding carboxylic acids is 1. The third kappa shape index (κ3) is 6.77. The zero-order valence-electron chi connectivity index (χ0n) is 15.4. The highest BCUT2D eigenvalue weighted by atomic mass is 16.6. The summed E-state index contributed by atoms with van der Waals surface area (Å²) in [6.45, 7) is 1.84. The second-order valence-electron chi connectivity index (χ2n) is 6.01. The Hall–Kier alpha value is -3.32. The lowest BCUT2D eigenvalue weighted by Gasteiger charge is -2.23. The third-order valence-electron chi connectivity index (χ3n) is 3.84. The van der Waals surface area contributed by atoms with E-state index in [0.717, 1.165) is 6.08 Å². The number of carboxylic acid groups (broad SMARTS) is 1. The quantitative estimate of drug-likeness (QED) is 0.570. The van der Waals surface area contributed by atoms with Gasteiger partial charge in [-0.3, -0.25) is 5.32 Å². The minimum atomic E-state index is -1.08. The number of hydrogen-bond donors (Lipinski definition) is 3. The van der Waals surface area contributed by atoms with Crippen molar-refractivity contribution < 1.29 is 29.3 Å². The van der Waals surface area contributed by atoms with Gasteiger partial charge in [0.25, 0.3) is 0 Å². The highest BCUT2D eigenvalue weighted by Gasteiger charge is 2.22. The summed E-state index contributed by atoms with van der Waals surface area (Å²) < 4.78 is 10.9. The van der Waals surface area contributed by atoms with Crippen molar-refractivity contribution in [3.05, 3.63) is 72.3 Å². The first-order chi connectivity index (χ1) is 13.5. The van der Waals surface area contributed by atoms with Crippen LogP contribution < -0.4 is 10.1 Å². The molecule has 7 nitrogen and oxygen atoms in total. The van der Waals surface area contributed by atoms with Gasteiger partial charge in [-0.1, -0.05) is 43.3 Å². The van der Waals surface area contributed by atoms with E-state index in [1.54, 1.807) is 55.5 Å². The summed E-state index contributed by atoms with van der Waals surface area (Å²) in [6.07, 6.45) is 1.15. The van der Waals surface area contributed by atoms with Crippen LogP contribution in [0, 0.1) is 5.92 Å². The molecule has 0 radical (unpaired) electrons. The lowest BCUT2D eigenvalue weighted by Crippen LogP contribution is -2.21. The summed E-state index contributed by atoms with van der Waals surface area (Å²) in [5.41, 5.74) is 1.27. The minimum Gasteiger partial charge on any atom is -0.491 e. The topological polar surface area (TPSA) is 105 Å². The van der Waals surface area contributed by atoms with Gasteiger partial charge in [0.1, 0.15) is 18.5 Å². The van der Waals surface area contributed by atoms with Gasteiger partial charge in [-0.05, 0) is 29.8 Å². The number of aliphatic hydroxyl groups is 1. The number of carbonyl (C=O) groups is 2. The standard InChI is InChI=1S/C21H23NO6/c1-15(7-12-19(24)25)20(16-8-10-18(11-9-16)27-14-13-23)28-21(26)22-17-5-3-2-4-6-17/h2-12,15,20,23H,13-14H2,1H3,(H,22,26)(H,24,25)/b12-7+/t15-,20+/m1/s1. The average molecular weight is 385 g/mol. The van der Waals surface area contributed by atoms with Crippen molar-refractivity contribution in [1.29, 1.82) is 0 Å². The van der Waals surface area contributed by atoms with E-state index in [-0.39, 0.29) is 19.1 Å². The van der Waals surface area contributed by atoms with Gasteiger partial charge in [0.2, 0.25) is 0 Å². The molecule has 0 saturated carbocycles. The van der Waals surface area contributed by atoms with Crippen LogP contribution in [-0.2, 0) is 9.53 Å². The van der Waals surface area contributed by atoms with E-state index in [0.29, 0.717) is 17.0 Å². The lowest BCUT2D eigenvalue weighted by atomic mass is 9.96. The zero-order valence-corrected chi connectivity index (χ0v) is 15.4. The smallest absolute Gasteiger partial charge is 0.412 e. The molecule has 148 valence electrons. The Morgan fingerprint density at radius 1 is 1.11 bits per heavy atom. The van der Waals surface area contributed by atoms with Crippen LogP contribution in [0.15, 0.2) is 66.7 Å². The molecule has 3 N–H and O–H groups in total. The first-order valence-electron chi connectivity index (χ1n) is 8.77. The second kappa shape index (κ2) is 10.7. The maximum atomic E-state index is 12.3. The Kier molecular flexibility index (Phi) is 8.05. The summed E-state index contributed by atoms with van der Waals surface area (Å²) >= 11 is 0. The van der Waals surface area contributed by atoms with Crippen LogP contribution in [0.2, 0.25) is 0 Å². The maximum absolute atomic E-state index is 12.3. The van der Waals surface area contributed by atoms with Crippen LogP contribution in [0.25, 0.3) is 0 Å². The monoisotopic (exact) mass is 385 g/mol. The molecule has 0 aliphatic heterocycles. The van der Waals surface area contributed by atoms with Gasteiger partial charge in [-0.25, -0.2) is 9.59 Å². The molecule has 1 amide bonds. The van der Waals surface area contributed by atoms with Crippen LogP contribution in [0.5, 0.6) is 5.75 Å². The number of para-hydroxylation sites is 1. The molecule has 2 atom stereocenters. The number of benzene rings is 2. The van der Waals surface area contributed by atoms with Crippen molar-refractivity contribution in [2.24, 2.45) is 5.92 Å². The normalized spacial score (nSPS) is 12.9. The number of aliphatic carboxylic acids is 1. The molecule has 2 aromatic rings. The molecular weight excluding hydrogens is 362 g/mol. The number of amides is 1. The van der Waals surface area contributed by atoms with Gasteiger partial charge in [0.05, 0.1) is 6.61 Å². The molecule has 2 rings (SSSR count). The first kappa shape index (κ1) is 21.0. The molecule has 0 heterocycles. The summed E-state index contributed by atoms with van der Waals surface area (Å²) in [4.78, 5) is 23.1. The van der Waals surface area contributed by atoms with Gasteiger partial charge >= 0.3 is 12.1 Å². The molecule has 7 heteroatoms. The van der Waals surface area contributed by atoms with E-state index in [2.05, 4.69) is 5.32 Å². The van der Waals surface area contributed by atoms with Gasteiger partial charge in [-0.2, -0.15) is 0 Å². The Morgan fingerprint density at radius 2 is 1.79 bits per heavy atom. The van der Waals surface area contributed by atoms with Crippen LogP contribution >= 0.6 is 0 Å². The number of ether oxygens (including phenoxy) is 2. The first-order valence-corrected chi connectivity index (χ1v) is 8.77. The van der Waals surface area contributed by atoms with Gasteiger partial charge < -0.3 is 19.7 Å². The number of anilines is 1. The van der Waals surface area contributed by atoms with Gasteiger partial charge in [-0.15, -0.1) is 0 Å². The summed E-state index contributed by atoms with van der Waals surface area (Å²) in [5, 5.41) is 20.3. The Balaban J connectivity index is 2.16. The molecule has 2 aromatic carbocycles. The lowest BCUT2D eigenvalue weighted by molar-refractivity contribution is -0.131. The van der Waals surface area contributed by atoms with Crippen LogP contribution in [0.1, 0.15) is 18.6 Å². The number of aliphatic hydroxyl groups excluding tert-OH is 1. The van der Waals surface area contributed by atoms with E-state index in [1.165, 1.54) is 6.08 Å². The number of nitrogens with one attached hydrogen (secondary N) is 1. The molecule has 0 saturated heterocycles. The fraction of sp³-hybridized carbons (Fsp3) is 0.238. The molecule has 0 aliphatic carbocycles. The van der Waals surface area contributed by atoms with Crippen molar-refractivity contribution in [3.63, 3.8) is 0 Å². The van der Waals surface area contributed by atoms with E-state index in [4.69, 9.17) is 19.7 Å². The van der Waals surface area contributed by atoms with Crippen LogP contribution in [-0.4, -0.2) is 35.5 Å². The van der Waals surface area contributed by atoms with Gasteiger partial charge in [0, 0.05) is 17.7 Å². The van der Waals surface area contributed by atoms with Crippen molar-refractivity contribution >= 4 is 17.7 Å². The second-order valence-corrected chi connectivity index (χ2v) is 6.01. The molecule has 28 heavy (non-hydrogen) atoms. The molecule has 0 bridgehead atoms. The van der Waals surface area contributed by atoms with Crippen molar-refractivity contribution in [2.45, 2.75) is 13.0 Å². The SMILES string of the molecule is C[C@H](/C=C/C(=O)O)[C@H](OC(=O)Nc1ccccc1)c1ccc(OCCO)cc1. The van der Waals surface area contributed by atoms with Crippen molar-refractivity contribution in [3.8, 4) is 5.75 Å². The number of carboxylic acids is 1. The number of rotatable bonds is 9. The van der Waals surface area contributed by atoms with E-state index >= 15 is 0 Å². The minimum absolute atomic E-state index is 0.0931. The highest BCUT2D eigenvalue weighted by Crippen LogP contribution is 2.29. The summed E-state index contributed by atoms with van der Waals surface area (Å²) in [5.74, 6) is -0.895. The molecule has 0 unspecified atom stereocenters. The molecule has 0 aromatic heterocycles. The molecule has 0 spiro atoms. The predicted octanol–water partition coefficient (Wildman–Crippen LogP) is 3.62. The third-order valence-corrected chi connectivity index (χ3v) is 3.84. The maximum Gasteiger partial charge on any atom is 0.412 e. The predicted molar refractivity (Wildman–Crippen MR) is 104 cm³/mol. The van der Waals surface area contributed by atoms with Crippen molar-refractivity contribution in [2.75, 3.05) is 18.5 Å². The zero-order chi connectivity index (χ0) is 20.4. The van der Waals surface area contributed by atoms with Crippen LogP contribution in [0.3, 0.4) is 0 Å². The molecular formula is C21H23NO6. The number of hydrogen-bond acceptors (Lipinski definition) is 5.